The van der Waals surface area contributed by atoms with Crippen molar-refractivity contribution < 1.29 is 9.18 Å². The minimum Gasteiger partial charge on any atom is -0.376 e. The number of para-hydroxylation sites is 1. The van der Waals surface area contributed by atoms with E-state index in [-0.39, 0.29) is 18.3 Å². The molecule has 0 aromatic heterocycles. The molecule has 1 amide bonds. The van der Waals surface area contributed by atoms with Crippen LogP contribution in [0.15, 0.2) is 48.5 Å². The van der Waals surface area contributed by atoms with Gasteiger partial charge >= 0.3 is 0 Å². The Hall–Kier alpha value is -2.36. The number of nitrogens with one attached hydrogen (secondary N) is 2. The highest BCUT2D eigenvalue weighted by Crippen LogP contribution is 2.15. The summed E-state index contributed by atoms with van der Waals surface area (Å²) in [5.74, 6) is -0.475. The zero-order valence-electron chi connectivity index (χ0n) is 10.6. The van der Waals surface area contributed by atoms with Gasteiger partial charge in [0.25, 0.3) is 0 Å². The van der Waals surface area contributed by atoms with Gasteiger partial charge in [-0.25, -0.2) is 4.39 Å². The standard InChI is InChI=1S/C15H15FN2O/c1-11-9-12(16)7-8-14(11)18-15(19)10-17-13-5-3-2-4-6-13/h2-9,17H,10H2,1H3,(H,18,19). The van der Waals surface area contributed by atoms with E-state index in [1.807, 2.05) is 30.3 Å². The number of carbonyl (C=O) groups is 1. The molecule has 0 bridgehead atoms. The Balaban J connectivity index is 1.91. The third kappa shape index (κ3) is 3.81. The molecule has 0 aliphatic carbocycles. The molecule has 0 unspecified atom stereocenters. The van der Waals surface area contributed by atoms with E-state index < -0.39 is 0 Å². The second-order valence-corrected chi connectivity index (χ2v) is 4.23. The van der Waals surface area contributed by atoms with Crippen LogP contribution < -0.4 is 10.6 Å². The molecule has 0 aliphatic rings. The summed E-state index contributed by atoms with van der Waals surface area (Å²) in [4.78, 5) is 11.8. The van der Waals surface area contributed by atoms with Gasteiger partial charge in [0, 0.05) is 11.4 Å². The van der Waals surface area contributed by atoms with Crippen molar-refractivity contribution in [2.75, 3.05) is 17.2 Å². The fourth-order valence-corrected chi connectivity index (χ4v) is 1.70. The smallest absolute Gasteiger partial charge is 0.243 e. The first-order valence-electron chi connectivity index (χ1n) is 6.00. The summed E-state index contributed by atoms with van der Waals surface area (Å²) in [6.45, 7) is 1.92. The van der Waals surface area contributed by atoms with Gasteiger partial charge in [-0.15, -0.1) is 0 Å². The van der Waals surface area contributed by atoms with Gasteiger partial charge in [0.1, 0.15) is 5.82 Å². The van der Waals surface area contributed by atoms with E-state index in [1.54, 1.807) is 13.0 Å². The first kappa shape index (κ1) is 13.1. The molecule has 0 atom stereocenters. The zero-order valence-corrected chi connectivity index (χ0v) is 10.6. The summed E-state index contributed by atoms with van der Waals surface area (Å²) in [5, 5.41) is 5.75. The number of amides is 1. The van der Waals surface area contributed by atoms with Crippen LogP contribution in [0.25, 0.3) is 0 Å². The maximum Gasteiger partial charge on any atom is 0.243 e. The van der Waals surface area contributed by atoms with Crippen LogP contribution in [0.5, 0.6) is 0 Å². The van der Waals surface area contributed by atoms with Crippen LogP contribution in [0, 0.1) is 12.7 Å². The number of carbonyl (C=O) groups excluding carboxylic acids is 1. The average Bonchev–Trinajstić information content (AvgIpc) is 2.41. The van der Waals surface area contributed by atoms with E-state index in [4.69, 9.17) is 0 Å². The van der Waals surface area contributed by atoms with Gasteiger partial charge in [0.2, 0.25) is 5.91 Å². The van der Waals surface area contributed by atoms with Crippen molar-refractivity contribution in [3.05, 3.63) is 59.9 Å². The van der Waals surface area contributed by atoms with Crippen molar-refractivity contribution in [3.8, 4) is 0 Å². The van der Waals surface area contributed by atoms with Gasteiger partial charge < -0.3 is 10.6 Å². The van der Waals surface area contributed by atoms with Gasteiger partial charge in [-0.2, -0.15) is 0 Å². The lowest BCUT2D eigenvalue weighted by Crippen LogP contribution is -2.22. The van der Waals surface area contributed by atoms with Crippen molar-refractivity contribution in [1.82, 2.24) is 0 Å². The molecule has 2 rings (SSSR count). The molecule has 2 aromatic rings. The summed E-state index contributed by atoms with van der Waals surface area (Å²) in [5.41, 5.74) is 2.21. The SMILES string of the molecule is Cc1cc(F)ccc1NC(=O)CNc1ccccc1. The van der Waals surface area contributed by atoms with Crippen molar-refractivity contribution in [1.29, 1.82) is 0 Å². The Morgan fingerprint density at radius 3 is 2.58 bits per heavy atom. The number of rotatable bonds is 4. The minimum atomic E-state index is -0.307. The second-order valence-electron chi connectivity index (χ2n) is 4.23. The van der Waals surface area contributed by atoms with Gasteiger partial charge in [-0.05, 0) is 42.8 Å². The van der Waals surface area contributed by atoms with Crippen molar-refractivity contribution in [2.24, 2.45) is 0 Å². The third-order valence-electron chi connectivity index (χ3n) is 2.69. The lowest BCUT2D eigenvalue weighted by atomic mass is 10.2. The zero-order chi connectivity index (χ0) is 13.7. The van der Waals surface area contributed by atoms with Gasteiger partial charge in [0.15, 0.2) is 0 Å². The molecule has 0 saturated carbocycles. The molecule has 2 aromatic carbocycles. The lowest BCUT2D eigenvalue weighted by Gasteiger charge is -2.09. The molecule has 2 N–H and O–H groups in total. The summed E-state index contributed by atoms with van der Waals surface area (Å²) >= 11 is 0. The molecular formula is C15H15FN2O. The maximum atomic E-state index is 12.9. The van der Waals surface area contributed by atoms with Gasteiger partial charge in [0.05, 0.1) is 6.54 Å². The second kappa shape index (κ2) is 6.00. The Morgan fingerprint density at radius 2 is 1.89 bits per heavy atom. The summed E-state index contributed by atoms with van der Waals surface area (Å²) in [6, 6.07) is 13.7. The average molecular weight is 258 g/mol. The first-order chi connectivity index (χ1) is 9.15. The number of hydrogen-bond acceptors (Lipinski definition) is 2. The van der Waals surface area contributed by atoms with Crippen LogP contribution in [0.1, 0.15) is 5.56 Å². The van der Waals surface area contributed by atoms with Crippen molar-refractivity contribution >= 4 is 17.3 Å². The van der Waals surface area contributed by atoms with Crippen LogP contribution in [-0.4, -0.2) is 12.5 Å². The predicted octanol–water partition coefficient (Wildman–Crippen LogP) is 3.18. The monoisotopic (exact) mass is 258 g/mol. The molecular weight excluding hydrogens is 243 g/mol. The van der Waals surface area contributed by atoms with Crippen LogP contribution in [0.3, 0.4) is 0 Å². The van der Waals surface area contributed by atoms with E-state index in [1.165, 1.54) is 12.1 Å². The molecule has 0 radical (unpaired) electrons. The Bertz CT molecular complexity index is 570. The minimum absolute atomic E-state index is 0.167. The largest absolute Gasteiger partial charge is 0.376 e. The Morgan fingerprint density at radius 1 is 1.16 bits per heavy atom. The number of benzene rings is 2. The highest BCUT2D eigenvalue weighted by atomic mass is 19.1. The number of anilines is 2. The molecule has 0 fully saturated rings. The normalized spacial score (nSPS) is 10.0. The maximum absolute atomic E-state index is 12.9. The van der Waals surface area contributed by atoms with Gasteiger partial charge in [-0.1, -0.05) is 18.2 Å². The number of aryl methyl sites for hydroxylation is 1. The molecule has 0 heterocycles. The lowest BCUT2D eigenvalue weighted by molar-refractivity contribution is -0.114. The summed E-state index contributed by atoms with van der Waals surface area (Å²) in [6.07, 6.45) is 0. The summed E-state index contributed by atoms with van der Waals surface area (Å²) in [7, 11) is 0. The Labute approximate surface area is 111 Å². The Kier molecular flexibility index (Phi) is 4.13. The molecule has 19 heavy (non-hydrogen) atoms. The number of halogens is 1. The van der Waals surface area contributed by atoms with E-state index in [0.29, 0.717) is 11.3 Å². The van der Waals surface area contributed by atoms with Crippen LogP contribution in [0.4, 0.5) is 15.8 Å². The molecule has 0 saturated heterocycles. The van der Waals surface area contributed by atoms with Crippen molar-refractivity contribution in [2.45, 2.75) is 6.92 Å². The van der Waals surface area contributed by atoms with Crippen LogP contribution in [0.2, 0.25) is 0 Å². The molecule has 3 nitrogen and oxygen atoms in total. The fourth-order valence-electron chi connectivity index (χ4n) is 1.70. The van der Waals surface area contributed by atoms with Crippen molar-refractivity contribution in [3.63, 3.8) is 0 Å². The number of hydrogen-bond donors (Lipinski definition) is 2. The highest BCUT2D eigenvalue weighted by molar-refractivity contribution is 5.94. The first-order valence-corrected chi connectivity index (χ1v) is 6.00. The quantitative estimate of drug-likeness (QED) is 0.884. The van der Waals surface area contributed by atoms with Gasteiger partial charge in [-0.3, -0.25) is 4.79 Å². The van der Waals surface area contributed by atoms with E-state index >= 15 is 0 Å². The molecule has 4 heteroatoms. The molecule has 0 aliphatic heterocycles. The fraction of sp³-hybridized carbons (Fsp3) is 0.133. The molecule has 98 valence electrons. The van der Waals surface area contributed by atoms with Crippen LogP contribution in [-0.2, 0) is 4.79 Å². The topological polar surface area (TPSA) is 41.1 Å². The third-order valence-corrected chi connectivity index (χ3v) is 2.69. The van der Waals surface area contributed by atoms with E-state index in [2.05, 4.69) is 10.6 Å². The van der Waals surface area contributed by atoms with E-state index in [0.717, 1.165) is 5.69 Å². The molecule has 0 spiro atoms. The highest BCUT2D eigenvalue weighted by Gasteiger charge is 2.05. The van der Waals surface area contributed by atoms with Crippen LogP contribution >= 0.6 is 0 Å². The summed E-state index contributed by atoms with van der Waals surface area (Å²) < 4.78 is 12.9. The predicted molar refractivity (Wildman–Crippen MR) is 74.7 cm³/mol. The van der Waals surface area contributed by atoms with E-state index in [9.17, 15) is 9.18 Å².